The maximum absolute atomic E-state index is 12.4. The second kappa shape index (κ2) is 11.1. The van der Waals surface area contributed by atoms with E-state index in [1.54, 1.807) is 6.33 Å². The number of pyridine rings is 1. The summed E-state index contributed by atoms with van der Waals surface area (Å²) in [6.45, 7) is 8.69. The van der Waals surface area contributed by atoms with Crippen LogP contribution in [0.2, 0.25) is 0 Å². The van der Waals surface area contributed by atoms with Crippen LogP contribution in [0.15, 0.2) is 48.9 Å². The average Bonchev–Trinajstić information content (AvgIpc) is 3.80. The van der Waals surface area contributed by atoms with Gasteiger partial charge in [0.25, 0.3) is 0 Å². The Hall–Kier alpha value is -4.09. The van der Waals surface area contributed by atoms with E-state index in [4.69, 9.17) is 9.72 Å². The van der Waals surface area contributed by atoms with Gasteiger partial charge in [0.2, 0.25) is 11.9 Å². The largest absolute Gasteiger partial charge is 0.378 e. The van der Waals surface area contributed by atoms with Crippen molar-refractivity contribution in [3.05, 3.63) is 54.5 Å². The Kier molecular flexibility index (Phi) is 6.97. The van der Waals surface area contributed by atoms with Gasteiger partial charge >= 0.3 is 0 Å². The zero-order valence-corrected chi connectivity index (χ0v) is 23.3. The number of piperazine rings is 1. The Balaban J connectivity index is 1.03. The van der Waals surface area contributed by atoms with Crippen molar-refractivity contribution in [2.24, 2.45) is 5.92 Å². The number of imidazole rings is 1. The van der Waals surface area contributed by atoms with Gasteiger partial charge in [0.05, 0.1) is 29.9 Å². The van der Waals surface area contributed by atoms with Crippen LogP contribution in [0.5, 0.6) is 0 Å². The van der Waals surface area contributed by atoms with Gasteiger partial charge in [0, 0.05) is 69.1 Å². The number of H-pyrrole nitrogens is 1. The highest BCUT2D eigenvalue weighted by molar-refractivity contribution is 5.83. The van der Waals surface area contributed by atoms with Crippen LogP contribution >= 0.6 is 0 Å². The highest BCUT2D eigenvalue weighted by Crippen LogP contribution is 2.32. The van der Waals surface area contributed by atoms with E-state index in [1.807, 2.05) is 29.3 Å². The van der Waals surface area contributed by atoms with Crippen LogP contribution in [0.4, 0.5) is 17.6 Å². The summed E-state index contributed by atoms with van der Waals surface area (Å²) in [5.41, 5.74) is 4.83. The van der Waals surface area contributed by atoms with E-state index in [0.717, 1.165) is 86.0 Å². The van der Waals surface area contributed by atoms with Crippen molar-refractivity contribution in [2.75, 3.05) is 62.7 Å². The van der Waals surface area contributed by atoms with Gasteiger partial charge in [0.1, 0.15) is 18.0 Å². The fourth-order valence-electron chi connectivity index (χ4n) is 5.72. The number of aromatic nitrogens is 5. The molecule has 1 aromatic carbocycles. The minimum Gasteiger partial charge on any atom is -0.378 e. The Labute approximate surface area is 239 Å². The molecule has 0 bridgehead atoms. The molecule has 0 spiro atoms. The number of hydrogen-bond donors (Lipinski definition) is 2. The molecule has 2 N–H and O–H groups in total. The molecule has 0 radical (unpaired) electrons. The van der Waals surface area contributed by atoms with Gasteiger partial charge in [-0.05, 0) is 49.6 Å². The summed E-state index contributed by atoms with van der Waals surface area (Å²) < 4.78 is 5.47. The first-order valence-electron chi connectivity index (χ1n) is 14.5. The summed E-state index contributed by atoms with van der Waals surface area (Å²) in [7, 11) is 0. The third-order valence-electron chi connectivity index (χ3n) is 8.38. The monoisotopic (exact) mass is 553 g/mol. The number of amides is 1. The number of morpholine rings is 1. The molecule has 1 atom stereocenters. The Bertz CT molecular complexity index is 1540. The number of fused-ring (bicyclic) bond motifs is 1. The zero-order valence-electron chi connectivity index (χ0n) is 23.3. The van der Waals surface area contributed by atoms with Crippen LogP contribution in [0.3, 0.4) is 0 Å². The first kappa shape index (κ1) is 25.8. The number of aromatic amines is 1. The maximum atomic E-state index is 12.4. The number of nitrogens with zero attached hydrogens (tertiary/aromatic N) is 7. The van der Waals surface area contributed by atoms with Gasteiger partial charge in [-0.1, -0.05) is 6.07 Å². The lowest BCUT2D eigenvalue weighted by Crippen LogP contribution is -2.49. The van der Waals surface area contributed by atoms with Gasteiger partial charge in [-0.25, -0.2) is 19.9 Å². The minimum atomic E-state index is 0.227. The van der Waals surface area contributed by atoms with Crippen LogP contribution in [-0.4, -0.2) is 93.1 Å². The quantitative estimate of drug-likeness (QED) is 0.354. The fourth-order valence-corrected chi connectivity index (χ4v) is 5.72. The maximum Gasteiger partial charge on any atom is 0.225 e. The van der Waals surface area contributed by atoms with Gasteiger partial charge in [-0.3, -0.25) is 9.69 Å². The lowest BCUT2D eigenvalue weighted by Gasteiger charge is -2.38. The third kappa shape index (κ3) is 5.59. The molecule has 4 aromatic rings. The summed E-state index contributed by atoms with van der Waals surface area (Å²) in [5, 5.41) is 3.35. The number of carbonyl (C=O) groups is 1. The lowest BCUT2D eigenvalue weighted by molar-refractivity contribution is -0.134. The Morgan fingerprint density at radius 2 is 1.83 bits per heavy atom. The van der Waals surface area contributed by atoms with Crippen LogP contribution in [0.25, 0.3) is 22.3 Å². The molecule has 41 heavy (non-hydrogen) atoms. The number of carbonyl (C=O) groups excluding carboxylic acids is 1. The van der Waals surface area contributed by atoms with Gasteiger partial charge in [-0.2, -0.15) is 0 Å². The SMILES string of the molecule is CC(c1ccnc(Nc2nc3ccc(-c4cc(N5CCOCC5)ncn4)cc3[nH]2)c1)N1CCN(C(=O)C2CC2)CC1. The lowest BCUT2D eigenvalue weighted by atomic mass is 10.1. The first-order chi connectivity index (χ1) is 20.1. The molecule has 2 aliphatic heterocycles. The van der Waals surface area contributed by atoms with E-state index in [2.05, 4.69) is 60.2 Å². The predicted molar refractivity (Wildman–Crippen MR) is 157 cm³/mol. The summed E-state index contributed by atoms with van der Waals surface area (Å²) in [6.07, 6.45) is 5.58. The second-order valence-corrected chi connectivity index (χ2v) is 11.1. The number of nitrogens with one attached hydrogen (secondary N) is 2. The van der Waals surface area contributed by atoms with Crippen LogP contribution < -0.4 is 10.2 Å². The van der Waals surface area contributed by atoms with Gasteiger partial charge in [-0.15, -0.1) is 0 Å². The van der Waals surface area contributed by atoms with Crippen molar-refractivity contribution in [2.45, 2.75) is 25.8 Å². The molecule has 5 heterocycles. The van der Waals surface area contributed by atoms with Gasteiger partial charge in [0.15, 0.2) is 0 Å². The van der Waals surface area contributed by atoms with Crippen molar-refractivity contribution in [1.29, 1.82) is 0 Å². The fraction of sp³-hybridized carbons (Fsp3) is 0.433. The van der Waals surface area contributed by atoms with Crippen molar-refractivity contribution >= 4 is 34.5 Å². The first-order valence-corrected chi connectivity index (χ1v) is 14.5. The minimum absolute atomic E-state index is 0.227. The van der Waals surface area contributed by atoms with Crippen molar-refractivity contribution in [3.63, 3.8) is 0 Å². The van der Waals surface area contributed by atoms with E-state index in [0.29, 0.717) is 25.1 Å². The van der Waals surface area contributed by atoms with Gasteiger partial charge < -0.3 is 24.8 Å². The van der Waals surface area contributed by atoms with E-state index in [1.165, 1.54) is 5.56 Å². The van der Waals surface area contributed by atoms with E-state index >= 15 is 0 Å². The number of rotatable bonds is 7. The van der Waals surface area contributed by atoms with E-state index in [9.17, 15) is 4.79 Å². The zero-order chi connectivity index (χ0) is 27.8. The molecule has 3 fully saturated rings. The molecule has 3 aliphatic rings. The molecule has 11 heteroatoms. The third-order valence-corrected chi connectivity index (χ3v) is 8.38. The van der Waals surface area contributed by atoms with E-state index < -0.39 is 0 Å². The molecule has 1 saturated carbocycles. The molecule has 7 rings (SSSR count). The molecule has 212 valence electrons. The molecule has 1 aliphatic carbocycles. The molecular weight excluding hydrogens is 518 g/mol. The highest BCUT2D eigenvalue weighted by atomic mass is 16.5. The molecule has 11 nitrogen and oxygen atoms in total. The molecule has 2 saturated heterocycles. The topological polar surface area (TPSA) is 115 Å². The predicted octanol–water partition coefficient (Wildman–Crippen LogP) is 3.61. The standard InChI is InChI=1S/C30H35N9O2/c1-20(37-8-10-39(11-9-37)29(40)21-2-3-21)22-6-7-31-27(17-22)36-30-34-24-5-4-23(16-26(24)35-30)25-18-28(33-19-32-25)38-12-14-41-15-13-38/h4-7,16-21H,2-3,8-15H2,1H3,(H2,31,34,35,36). The second-order valence-electron chi connectivity index (χ2n) is 11.1. The summed E-state index contributed by atoms with van der Waals surface area (Å²) in [5.74, 6) is 2.93. The van der Waals surface area contributed by atoms with Crippen molar-refractivity contribution in [3.8, 4) is 11.3 Å². The number of ether oxygens (including phenoxy) is 1. The summed E-state index contributed by atoms with van der Waals surface area (Å²) >= 11 is 0. The highest BCUT2D eigenvalue weighted by Gasteiger charge is 2.35. The van der Waals surface area contributed by atoms with Crippen LogP contribution in [0.1, 0.15) is 31.4 Å². The number of anilines is 3. The molecule has 1 unspecified atom stereocenters. The van der Waals surface area contributed by atoms with E-state index in [-0.39, 0.29) is 12.0 Å². The van der Waals surface area contributed by atoms with Crippen molar-refractivity contribution < 1.29 is 9.53 Å². The summed E-state index contributed by atoms with van der Waals surface area (Å²) in [4.78, 5) is 40.8. The molecule has 3 aromatic heterocycles. The average molecular weight is 554 g/mol. The Morgan fingerprint density at radius 1 is 1.00 bits per heavy atom. The molecular formula is C30H35N9O2. The molecule has 1 amide bonds. The smallest absolute Gasteiger partial charge is 0.225 e. The Morgan fingerprint density at radius 3 is 2.63 bits per heavy atom. The number of hydrogen-bond acceptors (Lipinski definition) is 9. The van der Waals surface area contributed by atoms with Crippen LogP contribution in [-0.2, 0) is 9.53 Å². The normalized spacial score (nSPS) is 19.0. The van der Waals surface area contributed by atoms with Crippen LogP contribution in [0, 0.1) is 5.92 Å². The van der Waals surface area contributed by atoms with Crippen molar-refractivity contribution in [1.82, 2.24) is 34.7 Å². The number of benzene rings is 1. The summed E-state index contributed by atoms with van der Waals surface area (Å²) in [6, 6.07) is 12.5.